The second kappa shape index (κ2) is 5.83. The minimum Gasteiger partial charge on any atom is -0.485 e. The maximum absolute atomic E-state index is 6.20. The van der Waals surface area contributed by atoms with Crippen LogP contribution in [0.5, 0.6) is 5.75 Å². The van der Waals surface area contributed by atoms with E-state index in [-0.39, 0.29) is 0 Å². The Hall–Kier alpha value is -1.56. The molecule has 6 heteroatoms. The molecule has 0 radical (unpaired) electrons. The highest BCUT2D eigenvalue weighted by molar-refractivity contribution is 7.15. The summed E-state index contributed by atoms with van der Waals surface area (Å²) in [5.74, 6) is 0.705. The number of nitrogens with zero attached hydrogens (tertiary/aromatic N) is 2. The van der Waals surface area contributed by atoms with Crippen LogP contribution in [0.15, 0.2) is 36.0 Å². The van der Waals surface area contributed by atoms with Gasteiger partial charge in [0.05, 0.1) is 10.7 Å². The molecule has 3 rings (SSSR count). The summed E-state index contributed by atoms with van der Waals surface area (Å²) in [7, 11) is 0. The molecule has 3 aromatic rings. The first kappa shape index (κ1) is 13.4. The van der Waals surface area contributed by atoms with Crippen LogP contribution in [-0.4, -0.2) is 15.9 Å². The molecule has 2 N–H and O–H groups in total. The smallest absolute Gasteiger partial charge is 0.193 e. The Morgan fingerprint density at radius 1 is 1.40 bits per heavy atom. The highest BCUT2D eigenvalue weighted by Crippen LogP contribution is 2.29. The summed E-state index contributed by atoms with van der Waals surface area (Å²) in [6, 6.07) is 5.72. The van der Waals surface area contributed by atoms with Crippen molar-refractivity contribution in [3.63, 3.8) is 0 Å². The van der Waals surface area contributed by atoms with E-state index in [9.17, 15) is 0 Å². The molecular weight excluding hydrogens is 294 g/mol. The van der Waals surface area contributed by atoms with Crippen molar-refractivity contribution in [3.05, 3.63) is 52.3 Å². The van der Waals surface area contributed by atoms with Gasteiger partial charge in [-0.1, -0.05) is 23.7 Å². The van der Waals surface area contributed by atoms with Crippen molar-refractivity contribution < 1.29 is 4.74 Å². The van der Waals surface area contributed by atoms with E-state index in [4.69, 9.17) is 22.1 Å². The summed E-state index contributed by atoms with van der Waals surface area (Å²) in [6.45, 7) is 0.965. The Bertz CT molecular complexity index is 694. The molecule has 2 heterocycles. The molecule has 0 aliphatic heterocycles. The van der Waals surface area contributed by atoms with Gasteiger partial charge in [0.1, 0.15) is 12.4 Å². The van der Waals surface area contributed by atoms with Crippen molar-refractivity contribution in [2.75, 3.05) is 6.54 Å². The normalized spacial score (nSPS) is 11.1. The minimum absolute atomic E-state index is 0.399. The van der Waals surface area contributed by atoms with Crippen LogP contribution in [0.3, 0.4) is 0 Å². The van der Waals surface area contributed by atoms with E-state index < -0.39 is 0 Å². The number of rotatable bonds is 5. The van der Waals surface area contributed by atoms with Crippen molar-refractivity contribution in [1.29, 1.82) is 0 Å². The molecule has 0 spiro atoms. The third-order valence-corrected chi connectivity index (χ3v) is 4.04. The van der Waals surface area contributed by atoms with Crippen molar-refractivity contribution in [2.24, 2.45) is 5.73 Å². The summed E-state index contributed by atoms with van der Waals surface area (Å²) < 4.78 is 7.83. The maximum atomic E-state index is 6.20. The molecule has 0 saturated carbocycles. The fraction of sp³-hybridized carbons (Fsp3) is 0.214. The number of benzene rings is 1. The van der Waals surface area contributed by atoms with Gasteiger partial charge in [-0.25, -0.2) is 4.98 Å². The average Bonchev–Trinajstić information content (AvgIpc) is 2.99. The fourth-order valence-corrected chi connectivity index (χ4v) is 3.03. The second-order valence-electron chi connectivity index (χ2n) is 4.38. The lowest BCUT2D eigenvalue weighted by Gasteiger charge is -2.11. The van der Waals surface area contributed by atoms with Crippen LogP contribution in [0.2, 0.25) is 5.02 Å². The van der Waals surface area contributed by atoms with E-state index in [1.807, 2.05) is 40.4 Å². The first-order chi connectivity index (χ1) is 9.78. The quantitative estimate of drug-likeness (QED) is 0.788. The zero-order chi connectivity index (χ0) is 13.9. The topological polar surface area (TPSA) is 52.5 Å². The third kappa shape index (κ3) is 2.65. The van der Waals surface area contributed by atoms with Crippen molar-refractivity contribution in [2.45, 2.75) is 13.0 Å². The Morgan fingerprint density at radius 3 is 3.10 bits per heavy atom. The van der Waals surface area contributed by atoms with Gasteiger partial charge < -0.3 is 10.5 Å². The molecule has 0 unspecified atom stereocenters. The number of ether oxygens (including phenoxy) is 1. The summed E-state index contributed by atoms with van der Waals surface area (Å²) in [6.07, 6.45) is 4.69. The zero-order valence-electron chi connectivity index (χ0n) is 10.8. The lowest BCUT2D eigenvalue weighted by atomic mass is 10.1. The van der Waals surface area contributed by atoms with E-state index in [1.54, 1.807) is 11.3 Å². The van der Waals surface area contributed by atoms with E-state index in [1.165, 1.54) is 0 Å². The van der Waals surface area contributed by atoms with Crippen LogP contribution in [0.25, 0.3) is 4.96 Å². The SMILES string of the molecule is NCCc1cccc(Cl)c1OCc1cn2ccsc2n1. The summed E-state index contributed by atoms with van der Waals surface area (Å²) >= 11 is 7.80. The molecule has 0 fully saturated rings. The predicted molar refractivity (Wildman–Crippen MR) is 81.6 cm³/mol. The van der Waals surface area contributed by atoms with Gasteiger partial charge in [0.2, 0.25) is 0 Å². The van der Waals surface area contributed by atoms with Gasteiger partial charge in [-0.3, -0.25) is 4.40 Å². The Morgan fingerprint density at radius 2 is 2.30 bits per heavy atom. The zero-order valence-corrected chi connectivity index (χ0v) is 12.3. The Balaban J connectivity index is 1.79. The molecule has 0 aliphatic carbocycles. The molecule has 0 atom stereocenters. The summed E-state index contributed by atoms with van der Waals surface area (Å²) in [5, 5.41) is 2.61. The van der Waals surface area contributed by atoms with Crippen LogP contribution in [-0.2, 0) is 13.0 Å². The number of halogens is 1. The average molecular weight is 308 g/mol. The lowest BCUT2D eigenvalue weighted by Crippen LogP contribution is -2.06. The van der Waals surface area contributed by atoms with E-state index in [0.717, 1.165) is 22.6 Å². The van der Waals surface area contributed by atoms with Gasteiger partial charge in [-0.05, 0) is 24.6 Å². The molecule has 4 nitrogen and oxygen atoms in total. The number of fused-ring (bicyclic) bond motifs is 1. The molecular formula is C14H14ClN3OS. The number of nitrogens with two attached hydrogens (primary N) is 1. The number of imidazole rings is 1. The van der Waals surface area contributed by atoms with Crippen LogP contribution in [0.1, 0.15) is 11.3 Å². The van der Waals surface area contributed by atoms with Crippen molar-refractivity contribution in [3.8, 4) is 5.75 Å². The van der Waals surface area contributed by atoms with Crippen molar-refractivity contribution >= 4 is 27.9 Å². The molecule has 20 heavy (non-hydrogen) atoms. The van der Waals surface area contributed by atoms with Crippen LogP contribution >= 0.6 is 22.9 Å². The van der Waals surface area contributed by atoms with Gasteiger partial charge in [0.25, 0.3) is 0 Å². The largest absolute Gasteiger partial charge is 0.485 e. The highest BCUT2D eigenvalue weighted by Gasteiger charge is 2.10. The molecule has 104 valence electrons. The van der Waals surface area contributed by atoms with E-state index in [2.05, 4.69) is 4.98 Å². The second-order valence-corrected chi connectivity index (χ2v) is 5.66. The first-order valence-corrected chi connectivity index (χ1v) is 7.55. The summed E-state index contributed by atoms with van der Waals surface area (Å²) in [5.41, 5.74) is 7.52. The number of hydrogen-bond acceptors (Lipinski definition) is 4. The minimum atomic E-state index is 0.399. The van der Waals surface area contributed by atoms with E-state index in [0.29, 0.717) is 23.9 Å². The molecule has 0 bridgehead atoms. The molecule has 2 aromatic heterocycles. The Kier molecular flexibility index (Phi) is 3.91. The lowest BCUT2D eigenvalue weighted by molar-refractivity contribution is 0.299. The molecule has 0 aliphatic rings. The number of thiazole rings is 1. The Labute approximate surface area is 125 Å². The number of para-hydroxylation sites is 1. The molecule has 0 saturated heterocycles. The van der Waals surface area contributed by atoms with Crippen molar-refractivity contribution in [1.82, 2.24) is 9.38 Å². The standard InChI is InChI=1S/C14H14ClN3OS/c15-12-3-1-2-10(4-5-16)13(12)19-9-11-8-18-6-7-20-14(18)17-11/h1-3,6-8H,4-5,9,16H2. The van der Waals surface area contributed by atoms with E-state index >= 15 is 0 Å². The summed E-state index contributed by atoms with van der Waals surface area (Å²) in [4.78, 5) is 5.44. The first-order valence-electron chi connectivity index (χ1n) is 6.29. The van der Waals surface area contributed by atoms with Crippen LogP contribution < -0.4 is 10.5 Å². The maximum Gasteiger partial charge on any atom is 0.193 e. The number of hydrogen-bond donors (Lipinski definition) is 1. The molecule has 0 amide bonds. The highest BCUT2D eigenvalue weighted by atomic mass is 35.5. The van der Waals surface area contributed by atoms with Gasteiger partial charge in [-0.2, -0.15) is 0 Å². The third-order valence-electron chi connectivity index (χ3n) is 2.97. The van der Waals surface area contributed by atoms with Gasteiger partial charge in [0, 0.05) is 17.8 Å². The van der Waals surface area contributed by atoms with Gasteiger partial charge >= 0.3 is 0 Å². The van der Waals surface area contributed by atoms with Crippen LogP contribution in [0.4, 0.5) is 0 Å². The van der Waals surface area contributed by atoms with Gasteiger partial charge in [0.15, 0.2) is 4.96 Å². The monoisotopic (exact) mass is 307 g/mol. The molecule has 1 aromatic carbocycles. The predicted octanol–water partition coefficient (Wildman–Crippen LogP) is 3.13. The fourth-order valence-electron chi connectivity index (χ4n) is 2.06. The number of aromatic nitrogens is 2. The van der Waals surface area contributed by atoms with Gasteiger partial charge in [-0.15, -0.1) is 11.3 Å². The van der Waals surface area contributed by atoms with Crippen LogP contribution in [0, 0.1) is 0 Å².